The number of fused-ring (bicyclic) bond motifs is 1. The van der Waals surface area contributed by atoms with Crippen molar-refractivity contribution in [1.29, 1.82) is 5.41 Å². The Balaban J connectivity index is 1.38. The number of carbonyl (C=O) groups excluding carboxylic acids is 1. The van der Waals surface area contributed by atoms with Crippen LogP contribution >= 0.6 is 23.4 Å². The Morgan fingerprint density at radius 3 is 2.64 bits per heavy atom. The third kappa shape index (κ3) is 4.46. The van der Waals surface area contributed by atoms with Crippen LogP contribution in [0.2, 0.25) is 5.02 Å². The minimum atomic E-state index is -0.482. The number of amidine groups is 2. The molecule has 2 heterocycles. The van der Waals surface area contributed by atoms with Crippen LogP contribution < -0.4 is 4.74 Å². The fourth-order valence-corrected chi connectivity index (χ4v) is 4.55. The molecule has 0 bridgehead atoms. The van der Waals surface area contributed by atoms with E-state index in [0.29, 0.717) is 27.6 Å². The van der Waals surface area contributed by atoms with E-state index in [1.54, 1.807) is 12.1 Å². The van der Waals surface area contributed by atoms with E-state index in [-0.39, 0.29) is 11.4 Å². The number of nitrogens with zero attached hydrogens (tertiary/aromatic N) is 3. The first-order valence-corrected chi connectivity index (χ1v) is 11.3. The molecule has 8 heteroatoms. The van der Waals surface area contributed by atoms with Gasteiger partial charge in [0.15, 0.2) is 5.84 Å². The fourth-order valence-electron chi connectivity index (χ4n) is 3.34. The highest BCUT2D eigenvalue weighted by molar-refractivity contribution is 8.27. The van der Waals surface area contributed by atoms with Gasteiger partial charge in [-0.2, -0.15) is 15.1 Å². The van der Waals surface area contributed by atoms with Gasteiger partial charge in [0.25, 0.3) is 5.91 Å². The first kappa shape index (κ1) is 21.2. The van der Waals surface area contributed by atoms with Crippen molar-refractivity contribution in [2.75, 3.05) is 0 Å². The van der Waals surface area contributed by atoms with E-state index in [1.165, 1.54) is 16.8 Å². The highest BCUT2D eigenvalue weighted by Gasteiger charge is 2.36. The van der Waals surface area contributed by atoms with Gasteiger partial charge in [0, 0.05) is 5.56 Å². The Morgan fingerprint density at radius 2 is 1.82 bits per heavy atom. The Kier molecular flexibility index (Phi) is 5.81. The summed E-state index contributed by atoms with van der Waals surface area (Å²) in [7, 11) is 0. The highest BCUT2D eigenvalue weighted by atomic mass is 35.5. The maximum Gasteiger partial charge on any atom is 0.283 e. The van der Waals surface area contributed by atoms with Crippen LogP contribution in [0.3, 0.4) is 0 Å². The van der Waals surface area contributed by atoms with Crippen molar-refractivity contribution in [3.05, 3.63) is 106 Å². The lowest BCUT2D eigenvalue weighted by molar-refractivity contribution is -0.114. The second kappa shape index (κ2) is 9.05. The van der Waals surface area contributed by atoms with Gasteiger partial charge < -0.3 is 4.74 Å². The average Bonchev–Trinajstić information content (AvgIpc) is 3.25. The van der Waals surface area contributed by atoms with Crippen LogP contribution in [-0.4, -0.2) is 27.0 Å². The second-order valence-corrected chi connectivity index (χ2v) is 8.61. The highest BCUT2D eigenvalue weighted by Crippen LogP contribution is 2.33. The van der Waals surface area contributed by atoms with Crippen LogP contribution in [0.1, 0.15) is 16.7 Å². The van der Waals surface area contributed by atoms with Crippen molar-refractivity contribution < 1.29 is 9.53 Å². The molecule has 0 aliphatic carbocycles. The molecule has 0 saturated heterocycles. The number of benzene rings is 3. The van der Waals surface area contributed by atoms with Crippen molar-refractivity contribution in [3.8, 4) is 5.75 Å². The molecule has 33 heavy (non-hydrogen) atoms. The number of hydrogen-bond donors (Lipinski definition) is 1. The summed E-state index contributed by atoms with van der Waals surface area (Å²) in [5.41, 5.74) is 2.68. The number of thioether (sulfide) groups is 1. The average molecular weight is 473 g/mol. The zero-order valence-corrected chi connectivity index (χ0v) is 18.8. The Labute approximate surface area is 199 Å². The van der Waals surface area contributed by atoms with Crippen molar-refractivity contribution in [1.82, 2.24) is 5.01 Å². The van der Waals surface area contributed by atoms with Crippen LogP contribution in [-0.2, 0) is 11.4 Å². The third-order valence-electron chi connectivity index (χ3n) is 4.98. The number of nitrogens with one attached hydrogen (secondary N) is 1. The van der Waals surface area contributed by atoms with Gasteiger partial charge in [-0.05, 0) is 47.2 Å². The molecule has 5 rings (SSSR count). The topological polar surface area (TPSA) is 78.1 Å². The second-order valence-electron chi connectivity index (χ2n) is 7.25. The summed E-state index contributed by atoms with van der Waals surface area (Å²) >= 11 is 7.50. The van der Waals surface area contributed by atoms with Crippen LogP contribution in [0, 0.1) is 5.41 Å². The zero-order chi connectivity index (χ0) is 22.8. The molecule has 3 aromatic carbocycles. The fraction of sp³-hybridized carbons (Fsp3) is 0.0400. The summed E-state index contributed by atoms with van der Waals surface area (Å²) in [5, 5.41) is 15.9. The molecular weight excluding hydrogens is 456 g/mol. The summed E-state index contributed by atoms with van der Waals surface area (Å²) < 4.78 is 5.88. The predicted molar refractivity (Wildman–Crippen MR) is 133 cm³/mol. The summed E-state index contributed by atoms with van der Waals surface area (Å²) in [6.45, 7) is 0.438. The smallest absolute Gasteiger partial charge is 0.283 e. The van der Waals surface area contributed by atoms with E-state index >= 15 is 0 Å². The molecule has 3 aromatic rings. The van der Waals surface area contributed by atoms with Crippen LogP contribution in [0.4, 0.5) is 0 Å². The molecule has 0 unspecified atom stereocenters. The Hall–Kier alpha value is -3.68. The van der Waals surface area contributed by atoms with Crippen LogP contribution in [0.5, 0.6) is 5.75 Å². The van der Waals surface area contributed by atoms with Gasteiger partial charge in [-0.1, -0.05) is 72.3 Å². The van der Waals surface area contributed by atoms with Gasteiger partial charge in [-0.15, -0.1) is 0 Å². The zero-order valence-electron chi connectivity index (χ0n) is 17.2. The van der Waals surface area contributed by atoms with Crippen molar-refractivity contribution in [2.24, 2.45) is 10.1 Å². The molecule has 0 spiro atoms. The predicted octanol–water partition coefficient (Wildman–Crippen LogP) is 5.59. The molecule has 2 aliphatic rings. The number of hydrogen-bond acceptors (Lipinski definition) is 5. The molecule has 0 saturated carbocycles. The van der Waals surface area contributed by atoms with E-state index < -0.39 is 5.91 Å². The molecule has 2 aliphatic heterocycles. The summed E-state index contributed by atoms with van der Waals surface area (Å²) in [6, 6.07) is 24.6. The molecular formula is C25H17ClN4O2S. The summed E-state index contributed by atoms with van der Waals surface area (Å²) in [5.74, 6) is 0.156. The quantitative estimate of drug-likeness (QED) is 0.491. The van der Waals surface area contributed by atoms with E-state index in [2.05, 4.69) is 10.1 Å². The molecule has 1 amide bonds. The van der Waals surface area contributed by atoms with Crippen LogP contribution in [0.15, 0.2) is 94.5 Å². The maximum atomic E-state index is 12.7. The number of rotatable bonds is 5. The molecule has 1 N–H and O–H groups in total. The SMILES string of the molecule is N=C1/C(=C\c2cccc(OCc3ccccc3)c2)C(=O)N=C2SC(c3ccccc3Cl)=NN12. The van der Waals surface area contributed by atoms with E-state index in [4.69, 9.17) is 21.7 Å². The Morgan fingerprint density at radius 1 is 1.03 bits per heavy atom. The third-order valence-corrected chi connectivity index (χ3v) is 6.25. The minimum absolute atomic E-state index is 0.0323. The number of aliphatic imine (C=N–C) groups is 1. The van der Waals surface area contributed by atoms with Gasteiger partial charge >= 0.3 is 0 Å². The first-order chi connectivity index (χ1) is 16.1. The van der Waals surface area contributed by atoms with E-state index in [1.807, 2.05) is 72.8 Å². The van der Waals surface area contributed by atoms with Crippen LogP contribution in [0.25, 0.3) is 6.08 Å². The summed E-state index contributed by atoms with van der Waals surface area (Å²) in [4.78, 5) is 16.9. The lowest BCUT2D eigenvalue weighted by atomic mass is 10.1. The lowest BCUT2D eigenvalue weighted by Gasteiger charge is -2.20. The minimum Gasteiger partial charge on any atom is -0.489 e. The van der Waals surface area contributed by atoms with Crippen molar-refractivity contribution in [2.45, 2.75) is 6.61 Å². The van der Waals surface area contributed by atoms with Gasteiger partial charge in [0.1, 0.15) is 17.4 Å². The van der Waals surface area contributed by atoms with Gasteiger partial charge in [-0.25, -0.2) is 0 Å². The molecule has 0 fully saturated rings. The molecule has 0 radical (unpaired) electrons. The maximum absolute atomic E-state index is 12.7. The summed E-state index contributed by atoms with van der Waals surface area (Å²) in [6.07, 6.45) is 1.63. The molecule has 0 atom stereocenters. The van der Waals surface area contributed by atoms with E-state index in [0.717, 1.165) is 16.7 Å². The number of halogens is 1. The Bertz CT molecular complexity index is 1350. The number of ether oxygens (including phenoxy) is 1. The number of carbonyl (C=O) groups is 1. The monoisotopic (exact) mass is 472 g/mol. The standard InChI is InChI=1S/C25H17ClN4O2S/c26-21-12-5-4-11-19(21)24-29-30-22(27)20(23(31)28-25(30)33-24)14-17-9-6-10-18(13-17)32-15-16-7-2-1-3-8-16/h1-14,27H,15H2/b20-14+,27-22?. The van der Waals surface area contributed by atoms with Crippen molar-refractivity contribution in [3.63, 3.8) is 0 Å². The van der Waals surface area contributed by atoms with Gasteiger partial charge in [-0.3, -0.25) is 10.2 Å². The van der Waals surface area contributed by atoms with Gasteiger partial charge in [0.05, 0.1) is 10.6 Å². The normalized spacial score (nSPS) is 16.5. The number of amides is 1. The van der Waals surface area contributed by atoms with Gasteiger partial charge in [0.2, 0.25) is 5.17 Å². The largest absolute Gasteiger partial charge is 0.489 e. The first-order valence-electron chi connectivity index (χ1n) is 10.1. The number of hydrazone groups is 1. The molecule has 6 nitrogen and oxygen atoms in total. The van der Waals surface area contributed by atoms with Crippen molar-refractivity contribution >= 4 is 51.4 Å². The molecule has 0 aromatic heterocycles. The lowest BCUT2D eigenvalue weighted by Crippen LogP contribution is -2.35. The molecule has 162 valence electrons. The van der Waals surface area contributed by atoms with E-state index in [9.17, 15) is 4.79 Å².